The first-order chi connectivity index (χ1) is 9.47. The maximum atomic E-state index is 6.20. The molecule has 3 heteroatoms. The zero-order valence-corrected chi connectivity index (χ0v) is 13.2. The number of ether oxygens (including phenoxy) is 1. The minimum atomic E-state index is 0.222. The molecule has 3 nitrogen and oxygen atoms in total. The van der Waals surface area contributed by atoms with Crippen molar-refractivity contribution in [3.8, 4) is 5.75 Å². The molecule has 2 N–H and O–H groups in total. The van der Waals surface area contributed by atoms with E-state index < -0.39 is 0 Å². The molecule has 1 aromatic rings. The number of likely N-dealkylation sites (tertiary alicyclic amines) is 1. The molecule has 0 bridgehead atoms. The summed E-state index contributed by atoms with van der Waals surface area (Å²) in [5.74, 6) is 1.58. The Hall–Kier alpha value is -1.06. The second-order valence-electron chi connectivity index (χ2n) is 6.34. The van der Waals surface area contributed by atoms with E-state index in [0.29, 0.717) is 18.0 Å². The highest BCUT2D eigenvalue weighted by Crippen LogP contribution is 2.27. The highest BCUT2D eigenvalue weighted by Gasteiger charge is 2.26. The van der Waals surface area contributed by atoms with Crippen LogP contribution in [0.15, 0.2) is 24.3 Å². The molecule has 1 fully saturated rings. The van der Waals surface area contributed by atoms with Crippen LogP contribution in [0.3, 0.4) is 0 Å². The minimum Gasteiger partial charge on any atom is -0.491 e. The van der Waals surface area contributed by atoms with E-state index in [0.717, 1.165) is 18.8 Å². The molecule has 1 saturated heterocycles. The van der Waals surface area contributed by atoms with Crippen molar-refractivity contribution < 1.29 is 4.74 Å². The van der Waals surface area contributed by atoms with Gasteiger partial charge >= 0.3 is 0 Å². The zero-order valence-electron chi connectivity index (χ0n) is 13.2. The minimum absolute atomic E-state index is 0.222. The van der Waals surface area contributed by atoms with Crippen molar-refractivity contribution in [3.05, 3.63) is 29.8 Å². The number of nitrogens with two attached hydrogens (primary N) is 1. The Labute approximate surface area is 123 Å². The van der Waals surface area contributed by atoms with Crippen LogP contribution < -0.4 is 10.5 Å². The predicted octanol–water partition coefficient (Wildman–Crippen LogP) is 3.20. The molecule has 3 atom stereocenters. The summed E-state index contributed by atoms with van der Waals surface area (Å²) >= 11 is 0. The number of piperidine rings is 1. The van der Waals surface area contributed by atoms with Gasteiger partial charge in [-0.25, -0.2) is 0 Å². The molecule has 0 aliphatic carbocycles. The van der Waals surface area contributed by atoms with Gasteiger partial charge in [0.1, 0.15) is 5.75 Å². The summed E-state index contributed by atoms with van der Waals surface area (Å²) in [6, 6.07) is 9.20. The van der Waals surface area contributed by atoms with E-state index in [1.807, 2.05) is 13.8 Å². The van der Waals surface area contributed by atoms with Gasteiger partial charge in [0.2, 0.25) is 0 Å². The standard InChI is InChI=1S/C17H28N2O/c1-12(2)20-16-7-5-15(6-8-16)14(4)19-10-9-13(3)17(18)11-19/h5-8,12-14,17H,9-11,18H2,1-4H3. The van der Waals surface area contributed by atoms with E-state index in [9.17, 15) is 0 Å². The normalized spacial score (nSPS) is 25.7. The number of nitrogens with zero attached hydrogens (tertiary/aromatic N) is 1. The number of benzene rings is 1. The average Bonchev–Trinajstić information content (AvgIpc) is 2.41. The average molecular weight is 276 g/mol. The third-order valence-electron chi connectivity index (χ3n) is 4.33. The quantitative estimate of drug-likeness (QED) is 0.917. The van der Waals surface area contributed by atoms with Crippen molar-refractivity contribution in [2.45, 2.75) is 52.3 Å². The van der Waals surface area contributed by atoms with Gasteiger partial charge in [-0.2, -0.15) is 0 Å². The van der Waals surface area contributed by atoms with Gasteiger partial charge in [0.15, 0.2) is 0 Å². The number of rotatable bonds is 4. The molecule has 2 rings (SSSR count). The lowest BCUT2D eigenvalue weighted by molar-refractivity contribution is 0.128. The largest absolute Gasteiger partial charge is 0.491 e. The molecule has 0 aromatic heterocycles. The van der Waals surface area contributed by atoms with E-state index in [1.54, 1.807) is 0 Å². The molecule has 1 aliphatic heterocycles. The van der Waals surface area contributed by atoms with Crippen molar-refractivity contribution in [2.24, 2.45) is 11.7 Å². The fraction of sp³-hybridized carbons (Fsp3) is 0.647. The summed E-state index contributed by atoms with van der Waals surface area (Å²) in [7, 11) is 0. The van der Waals surface area contributed by atoms with Crippen LogP contribution in [0, 0.1) is 5.92 Å². The first kappa shape index (κ1) is 15.3. The molecular weight excluding hydrogens is 248 g/mol. The monoisotopic (exact) mass is 276 g/mol. The fourth-order valence-corrected chi connectivity index (χ4v) is 2.79. The van der Waals surface area contributed by atoms with Gasteiger partial charge in [-0.1, -0.05) is 19.1 Å². The van der Waals surface area contributed by atoms with Crippen LogP contribution >= 0.6 is 0 Å². The number of hydrogen-bond acceptors (Lipinski definition) is 3. The van der Waals surface area contributed by atoms with Gasteiger partial charge in [0.25, 0.3) is 0 Å². The van der Waals surface area contributed by atoms with Crippen LogP contribution in [-0.2, 0) is 0 Å². The van der Waals surface area contributed by atoms with Crippen molar-refractivity contribution >= 4 is 0 Å². The SMILES string of the molecule is CC(C)Oc1ccc(C(C)N2CCC(C)C(N)C2)cc1. The van der Waals surface area contributed by atoms with Crippen LogP contribution in [0.2, 0.25) is 0 Å². The van der Waals surface area contributed by atoms with Crippen LogP contribution in [0.5, 0.6) is 5.75 Å². The van der Waals surface area contributed by atoms with Crippen LogP contribution in [0.1, 0.15) is 45.7 Å². The molecule has 112 valence electrons. The Bertz CT molecular complexity index is 416. The second kappa shape index (κ2) is 6.59. The van der Waals surface area contributed by atoms with Gasteiger partial charge in [-0.3, -0.25) is 4.90 Å². The Morgan fingerprint density at radius 2 is 1.85 bits per heavy atom. The van der Waals surface area contributed by atoms with Crippen molar-refractivity contribution in [1.82, 2.24) is 4.90 Å². The molecule has 3 unspecified atom stereocenters. The van der Waals surface area contributed by atoms with Crippen LogP contribution in [-0.4, -0.2) is 30.1 Å². The molecular formula is C17H28N2O. The summed E-state index contributed by atoms with van der Waals surface area (Å²) in [6.07, 6.45) is 1.42. The topological polar surface area (TPSA) is 38.5 Å². The smallest absolute Gasteiger partial charge is 0.119 e. The van der Waals surface area contributed by atoms with Crippen LogP contribution in [0.25, 0.3) is 0 Å². The lowest BCUT2D eigenvalue weighted by Gasteiger charge is -2.38. The third kappa shape index (κ3) is 3.74. The van der Waals surface area contributed by atoms with Crippen LogP contribution in [0.4, 0.5) is 0 Å². The molecule has 0 amide bonds. The summed E-state index contributed by atoms with van der Waals surface area (Å²) in [6.45, 7) is 10.7. The summed E-state index contributed by atoms with van der Waals surface area (Å²) in [5.41, 5.74) is 7.54. The Balaban J connectivity index is 2.00. The molecule has 0 radical (unpaired) electrons. The zero-order chi connectivity index (χ0) is 14.7. The second-order valence-corrected chi connectivity index (χ2v) is 6.34. The highest BCUT2D eigenvalue weighted by atomic mass is 16.5. The number of hydrogen-bond donors (Lipinski definition) is 1. The summed E-state index contributed by atoms with van der Waals surface area (Å²) < 4.78 is 5.69. The van der Waals surface area contributed by atoms with Gasteiger partial charge in [0.05, 0.1) is 6.10 Å². The maximum Gasteiger partial charge on any atom is 0.119 e. The van der Waals surface area contributed by atoms with E-state index in [-0.39, 0.29) is 6.10 Å². The van der Waals surface area contributed by atoms with E-state index in [2.05, 4.69) is 43.0 Å². The van der Waals surface area contributed by atoms with Gasteiger partial charge in [-0.15, -0.1) is 0 Å². The molecule has 1 heterocycles. The van der Waals surface area contributed by atoms with E-state index in [4.69, 9.17) is 10.5 Å². The maximum absolute atomic E-state index is 6.20. The first-order valence-electron chi connectivity index (χ1n) is 7.73. The van der Waals surface area contributed by atoms with Crippen molar-refractivity contribution in [1.29, 1.82) is 0 Å². The molecule has 0 saturated carbocycles. The van der Waals surface area contributed by atoms with Gasteiger partial charge in [0, 0.05) is 18.6 Å². The summed E-state index contributed by atoms with van der Waals surface area (Å²) in [4.78, 5) is 2.49. The van der Waals surface area contributed by atoms with Gasteiger partial charge in [-0.05, 0) is 57.4 Å². The lowest BCUT2D eigenvalue weighted by Crippen LogP contribution is -2.48. The molecule has 20 heavy (non-hydrogen) atoms. The summed E-state index contributed by atoms with van der Waals surface area (Å²) in [5, 5.41) is 0. The fourth-order valence-electron chi connectivity index (χ4n) is 2.79. The Morgan fingerprint density at radius 1 is 1.20 bits per heavy atom. The molecule has 1 aromatic carbocycles. The predicted molar refractivity (Wildman–Crippen MR) is 84.0 cm³/mol. The molecule has 1 aliphatic rings. The Kier molecular flexibility index (Phi) is 5.06. The van der Waals surface area contributed by atoms with Gasteiger partial charge < -0.3 is 10.5 Å². The van der Waals surface area contributed by atoms with E-state index >= 15 is 0 Å². The lowest BCUT2D eigenvalue weighted by atomic mass is 9.92. The third-order valence-corrected chi connectivity index (χ3v) is 4.33. The Morgan fingerprint density at radius 3 is 2.40 bits per heavy atom. The first-order valence-corrected chi connectivity index (χ1v) is 7.73. The highest BCUT2D eigenvalue weighted by molar-refractivity contribution is 5.29. The molecule has 0 spiro atoms. The van der Waals surface area contributed by atoms with Crippen molar-refractivity contribution in [3.63, 3.8) is 0 Å². The van der Waals surface area contributed by atoms with Crippen molar-refractivity contribution in [2.75, 3.05) is 13.1 Å². The van der Waals surface area contributed by atoms with E-state index in [1.165, 1.54) is 12.0 Å².